The summed E-state index contributed by atoms with van der Waals surface area (Å²) in [5, 5.41) is 23.6. The molecule has 0 bridgehead atoms. The predicted molar refractivity (Wildman–Crippen MR) is 41.5 cm³/mol. The molecule has 15 heavy (non-hydrogen) atoms. The van der Waals surface area contributed by atoms with Crippen molar-refractivity contribution in [3.63, 3.8) is 0 Å². The third kappa shape index (κ3) is 2.24. The predicted octanol–water partition coefficient (Wildman–Crippen LogP) is 0.580. The zero-order valence-corrected chi connectivity index (χ0v) is 7.11. The van der Waals surface area contributed by atoms with Crippen molar-refractivity contribution in [2.24, 2.45) is 0 Å². The Balaban J connectivity index is 2.95. The van der Waals surface area contributed by atoms with Gasteiger partial charge in [-0.05, 0) is 0 Å². The van der Waals surface area contributed by atoms with Crippen molar-refractivity contribution in [1.82, 2.24) is 10.2 Å². The Hall–Kier alpha value is -2.06. The highest BCUT2D eigenvalue weighted by Crippen LogP contribution is 2.24. The number of carbonyl (C=O) groups is 1. The van der Waals surface area contributed by atoms with Crippen LogP contribution in [0.2, 0.25) is 0 Å². The fraction of sp³-hybridized carbons (Fsp3) is 0.333. The summed E-state index contributed by atoms with van der Waals surface area (Å²) in [7, 11) is 0. The highest BCUT2D eigenvalue weighted by molar-refractivity contribution is 5.75. The molecule has 82 valence electrons. The van der Waals surface area contributed by atoms with Crippen molar-refractivity contribution in [2.75, 3.05) is 0 Å². The van der Waals surface area contributed by atoms with E-state index in [0.717, 1.165) is 6.20 Å². The molecular formula is C6H5F2N3O4. The number of aliphatic carboxylic acids is 1. The second-order valence-electron chi connectivity index (χ2n) is 2.68. The normalized spacial score (nSPS) is 11.3. The Morgan fingerprint density at radius 3 is 2.80 bits per heavy atom. The summed E-state index contributed by atoms with van der Waals surface area (Å²) >= 11 is 0. The molecule has 0 unspecified atom stereocenters. The van der Waals surface area contributed by atoms with Crippen molar-refractivity contribution < 1.29 is 23.6 Å². The summed E-state index contributed by atoms with van der Waals surface area (Å²) in [6.45, 7) is 0. The molecule has 1 aromatic heterocycles. The van der Waals surface area contributed by atoms with E-state index in [0.29, 0.717) is 0 Å². The number of aromatic nitrogens is 2. The van der Waals surface area contributed by atoms with E-state index in [1.165, 1.54) is 0 Å². The van der Waals surface area contributed by atoms with Crippen molar-refractivity contribution in [1.29, 1.82) is 0 Å². The summed E-state index contributed by atoms with van der Waals surface area (Å²) in [6, 6.07) is 0. The van der Waals surface area contributed by atoms with Crippen LogP contribution in [0.15, 0.2) is 6.20 Å². The second kappa shape index (κ2) is 3.59. The number of halogens is 2. The highest BCUT2D eigenvalue weighted by atomic mass is 19.3. The van der Waals surface area contributed by atoms with E-state index in [9.17, 15) is 23.7 Å². The highest BCUT2D eigenvalue weighted by Gasteiger charge is 2.41. The molecule has 9 heteroatoms. The van der Waals surface area contributed by atoms with E-state index < -0.39 is 34.6 Å². The number of nitro groups is 1. The fourth-order valence-corrected chi connectivity index (χ4v) is 0.892. The Morgan fingerprint density at radius 2 is 2.33 bits per heavy atom. The third-order valence-corrected chi connectivity index (χ3v) is 1.60. The first-order chi connectivity index (χ1) is 6.84. The van der Waals surface area contributed by atoms with Gasteiger partial charge in [0.1, 0.15) is 11.9 Å². The van der Waals surface area contributed by atoms with E-state index in [2.05, 4.69) is 5.10 Å². The average molecular weight is 221 g/mol. The molecule has 2 N–H and O–H groups in total. The Bertz CT molecular complexity index is 403. The van der Waals surface area contributed by atoms with Gasteiger partial charge in [0.25, 0.3) is 0 Å². The summed E-state index contributed by atoms with van der Waals surface area (Å²) < 4.78 is 25.4. The quantitative estimate of drug-likeness (QED) is 0.570. The molecule has 0 amide bonds. The lowest BCUT2D eigenvalue weighted by atomic mass is 10.2. The van der Waals surface area contributed by atoms with Crippen LogP contribution >= 0.6 is 0 Å². The minimum Gasteiger partial charge on any atom is -0.477 e. The third-order valence-electron chi connectivity index (χ3n) is 1.60. The molecule has 0 spiro atoms. The molecule has 0 fully saturated rings. The van der Waals surface area contributed by atoms with Gasteiger partial charge in [0.15, 0.2) is 0 Å². The van der Waals surface area contributed by atoms with Gasteiger partial charge in [0, 0.05) is 0 Å². The molecule has 7 nitrogen and oxygen atoms in total. The van der Waals surface area contributed by atoms with Gasteiger partial charge in [-0.1, -0.05) is 0 Å². The molecular weight excluding hydrogens is 216 g/mol. The molecule has 0 atom stereocenters. The maximum Gasteiger partial charge on any atom is 0.374 e. The molecule has 0 saturated heterocycles. The molecule has 0 aromatic carbocycles. The summed E-state index contributed by atoms with van der Waals surface area (Å²) in [4.78, 5) is 19.4. The first-order valence-corrected chi connectivity index (χ1v) is 3.62. The van der Waals surface area contributed by atoms with Crippen molar-refractivity contribution in [2.45, 2.75) is 12.3 Å². The van der Waals surface area contributed by atoms with Crippen LogP contribution in [0.5, 0.6) is 0 Å². The summed E-state index contributed by atoms with van der Waals surface area (Å²) in [5.41, 5.74) is -1.18. The lowest BCUT2D eigenvalue weighted by Crippen LogP contribution is -2.31. The summed E-state index contributed by atoms with van der Waals surface area (Å²) in [6.07, 6.45) is -0.550. The largest absolute Gasteiger partial charge is 0.477 e. The van der Waals surface area contributed by atoms with E-state index >= 15 is 0 Å². The number of carboxylic acid groups (broad SMARTS) is 1. The minimum absolute atomic E-state index is 0.521. The Kier molecular flexibility index (Phi) is 2.64. The smallest absolute Gasteiger partial charge is 0.374 e. The van der Waals surface area contributed by atoms with Crippen LogP contribution in [0.25, 0.3) is 0 Å². The number of aromatic amines is 1. The lowest BCUT2D eigenvalue weighted by molar-refractivity contribution is -0.385. The monoisotopic (exact) mass is 221 g/mol. The Labute approximate surface area is 80.9 Å². The van der Waals surface area contributed by atoms with Crippen molar-refractivity contribution >= 4 is 11.7 Å². The van der Waals surface area contributed by atoms with Crippen LogP contribution in [-0.2, 0) is 11.2 Å². The van der Waals surface area contributed by atoms with Crippen LogP contribution < -0.4 is 0 Å². The van der Waals surface area contributed by atoms with Crippen molar-refractivity contribution in [3.8, 4) is 0 Å². The maximum atomic E-state index is 12.7. The maximum absolute atomic E-state index is 12.7. The zero-order valence-electron chi connectivity index (χ0n) is 7.11. The number of H-pyrrole nitrogens is 1. The van der Waals surface area contributed by atoms with Gasteiger partial charge >= 0.3 is 17.6 Å². The molecule has 1 aromatic rings. The van der Waals surface area contributed by atoms with Crippen LogP contribution in [0.3, 0.4) is 0 Å². The minimum atomic E-state index is -4.06. The van der Waals surface area contributed by atoms with E-state index in [-0.39, 0.29) is 0 Å². The average Bonchev–Trinajstić information content (AvgIpc) is 2.51. The molecule has 0 radical (unpaired) electrons. The number of hydrogen-bond acceptors (Lipinski definition) is 4. The van der Waals surface area contributed by atoms with Gasteiger partial charge < -0.3 is 5.11 Å². The molecule has 0 aliphatic rings. The molecule has 1 heterocycles. The molecule has 0 saturated carbocycles. The molecule has 0 aliphatic carbocycles. The fourth-order valence-electron chi connectivity index (χ4n) is 0.892. The van der Waals surface area contributed by atoms with Gasteiger partial charge in [-0.15, -0.1) is 0 Å². The Morgan fingerprint density at radius 1 is 1.73 bits per heavy atom. The van der Waals surface area contributed by atoms with Crippen LogP contribution in [-0.4, -0.2) is 32.1 Å². The standard InChI is InChI=1S/C6H5F2N3O4/c7-6(8,5(12)13)1-3-4(11(14)15)2-9-10-3/h2H,1H2,(H,9,10)(H,12,13). The number of rotatable bonds is 4. The van der Waals surface area contributed by atoms with Gasteiger partial charge in [0.2, 0.25) is 0 Å². The number of hydrogen-bond donors (Lipinski definition) is 2. The summed E-state index contributed by atoms with van der Waals surface area (Å²) in [5.74, 6) is -6.40. The number of nitrogens with zero attached hydrogens (tertiary/aromatic N) is 2. The van der Waals surface area contributed by atoms with E-state index in [1.807, 2.05) is 5.10 Å². The first kappa shape index (κ1) is 11.0. The number of nitrogens with one attached hydrogen (secondary N) is 1. The van der Waals surface area contributed by atoms with Gasteiger partial charge in [-0.2, -0.15) is 13.9 Å². The molecule has 0 aliphatic heterocycles. The van der Waals surface area contributed by atoms with E-state index in [1.54, 1.807) is 0 Å². The van der Waals surface area contributed by atoms with Crippen LogP contribution in [0.4, 0.5) is 14.5 Å². The van der Waals surface area contributed by atoms with Gasteiger partial charge in [-0.3, -0.25) is 15.2 Å². The number of alkyl halides is 2. The second-order valence-corrected chi connectivity index (χ2v) is 2.68. The van der Waals surface area contributed by atoms with Crippen molar-refractivity contribution in [3.05, 3.63) is 22.0 Å². The topological polar surface area (TPSA) is 109 Å². The van der Waals surface area contributed by atoms with Crippen LogP contribution in [0.1, 0.15) is 5.69 Å². The number of carboxylic acids is 1. The lowest BCUT2D eigenvalue weighted by Gasteiger charge is -2.08. The SMILES string of the molecule is O=C(O)C(F)(F)Cc1[nH]ncc1[N+](=O)[O-]. The van der Waals surface area contributed by atoms with Gasteiger partial charge in [0.05, 0.1) is 11.3 Å². The van der Waals surface area contributed by atoms with E-state index in [4.69, 9.17) is 5.11 Å². The van der Waals surface area contributed by atoms with Gasteiger partial charge in [-0.25, -0.2) is 4.79 Å². The van der Waals surface area contributed by atoms with Crippen LogP contribution in [0, 0.1) is 10.1 Å². The first-order valence-electron chi connectivity index (χ1n) is 3.62. The molecule has 1 rings (SSSR count). The zero-order chi connectivity index (χ0) is 11.6.